The summed E-state index contributed by atoms with van der Waals surface area (Å²) in [6.45, 7) is 10.0. The first-order chi connectivity index (χ1) is 8.56. The van der Waals surface area contributed by atoms with Gasteiger partial charge >= 0.3 is 6.09 Å². The van der Waals surface area contributed by atoms with Crippen LogP contribution in [-0.4, -0.2) is 43.8 Å². The Morgan fingerprint density at radius 2 is 2.17 bits per heavy atom. The number of carbonyl (C=O) groups excluding carboxylic acids is 1. The van der Waals surface area contributed by atoms with Crippen LogP contribution in [0.5, 0.6) is 0 Å². The van der Waals surface area contributed by atoms with Crippen LogP contribution in [0.2, 0.25) is 0 Å². The lowest BCUT2D eigenvalue weighted by molar-refractivity contribution is 0.106. The zero-order chi connectivity index (χ0) is 13.5. The summed E-state index contributed by atoms with van der Waals surface area (Å²) in [5, 5.41) is 2.96. The van der Waals surface area contributed by atoms with Gasteiger partial charge in [-0.25, -0.2) is 4.79 Å². The topological polar surface area (TPSA) is 41.6 Å². The Kier molecular flexibility index (Phi) is 6.47. The highest BCUT2D eigenvalue weighted by Gasteiger charge is 2.29. The lowest BCUT2D eigenvalue weighted by atomic mass is 9.85. The second-order valence-electron chi connectivity index (χ2n) is 5.69. The second-order valence-corrected chi connectivity index (χ2v) is 5.69. The van der Waals surface area contributed by atoms with Crippen molar-refractivity contribution in [1.82, 2.24) is 10.2 Å². The fraction of sp³-hybridized carbons (Fsp3) is 0.929. The molecule has 18 heavy (non-hydrogen) atoms. The molecular formula is C14H28N2O2. The Hall–Kier alpha value is -0.770. The molecule has 0 aromatic carbocycles. The van der Waals surface area contributed by atoms with E-state index in [0.29, 0.717) is 11.8 Å². The summed E-state index contributed by atoms with van der Waals surface area (Å²) in [4.78, 5) is 13.8. The molecule has 1 heterocycles. The number of methoxy groups -OCH3 is 1. The van der Waals surface area contributed by atoms with Gasteiger partial charge in [-0.3, -0.25) is 0 Å². The molecule has 0 bridgehead atoms. The third kappa shape index (κ3) is 4.84. The highest BCUT2D eigenvalue weighted by Crippen LogP contribution is 2.24. The van der Waals surface area contributed by atoms with Crippen molar-refractivity contribution in [2.24, 2.45) is 11.8 Å². The molecule has 4 heteroatoms. The van der Waals surface area contributed by atoms with E-state index in [0.717, 1.165) is 26.1 Å². The van der Waals surface area contributed by atoms with Crippen molar-refractivity contribution in [2.45, 2.75) is 46.1 Å². The van der Waals surface area contributed by atoms with E-state index in [4.69, 9.17) is 4.74 Å². The molecule has 1 N–H and O–H groups in total. The minimum Gasteiger partial charge on any atom is -0.453 e. The molecule has 2 unspecified atom stereocenters. The minimum atomic E-state index is -0.306. The number of alkyl carbamates (subject to hydrolysis) is 1. The summed E-state index contributed by atoms with van der Waals surface area (Å²) in [5.41, 5.74) is 0. The van der Waals surface area contributed by atoms with Crippen molar-refractivity contribution in [3.63, 3.8) is 0 Å². The maximum absolute atomic E-state index is 11.3. The third-order valence-electron chi connectivity index (χ3n) is 3.84. The number of piperidine rings is 1. The van der Waals surface area contributed by atoms with E-state index in [1.54, 1.807) is 0 Å². The number of nitrogens with zero attached hydrogens (tertiary/aromatic N) is 1. The van der Waals surface area contributed by atoms with Gasteiger partial charge in [-0.1, -0.05) is 27.2 Å². The molecule has 1 amide bonds. The van der Waals surface area contributed by atoms with Crippen molar-refractivity contribution >= 4 is 6.09 Å². The molecule has 0 saturated carbocycles. The van der Waals surface area contributed by atoms with E-state index < -0.39 is 0 Å². The van der Waals surface area contributed by atoms with Crippen LogP contribution in [0.4, 0.5) is 4.79 Å². The van der Waals surface area contributed by atoms with E-state index in [-0.39, 0.29) is 12.1 Å². The van der Waals surface area contributed by atoms with Gasteiger partial charge in [-0.2, -0.15) is 0 Å². The van der Waals surface area contributed by atoms with Crippen LogP contribution in [-0.2, 0) is 4.74 Å². The molecular weight excluding hydrogens is 228 g/mol. The number of hydrogen-bond donors (Lipinski definition) is 1. The molecule has 106 valence electrons. The first-order valence-electron chi connectivity index (χ1n) is 7.13. The zero-order valence-corrected chi connectivity index (χ0v) is 12.2. The average Bonchev–Trinajstić information content (AvgIpc) is 2.35. The average molecular weight is 256 g/mol. The fourth-order valence-corrected chi connectivity index (χ4v) is 2.61. The van der Waals surface area contributed by atoms with Crippen LogP contribution in [0.3, 0.4) is 0 Å². The van der Waals surface area contributed by atoms with Crippen LogP contribution < -0.4 is 5.32 Å². The standard InChI is InChI=1S/C14H28N2O2/c1-5-6-7-16-9-12(11(2)3)8-13(10-16)15-14(17)18-4/h11-13H,5-10H2,1-4H3,(H,15,17). The Morgan fingerprint density at radius 1 is 1.44 bits per heavy atom. The zero-order valence-electron chi connectivity index (χ0n) is 12.2. The maximum Gasteiger partial charge on any atom is 0.407 e. The van der Waals surface area contributed by atoms with Crippen molar-refractivity contribution in [3.8, 4) is 0 Å². The van der Waals surface area contributed by atoms with Crippen LogP contribution in [0, 0.1) is 11.8 Å². The molecule has 2 atom stereocenters. The van der Waals surface area contributed by atoms with Crippen LogP contribution in [0.1, 0.15) is 40.0 Å². The van der Waals surface area contributed by atoms with Gasteiger partial charge in [-0.15, -0.1) is 0 Å². The molecule has 0 spiro atoms. The Balaban J connectivity index is 2.53. The Bertz CT molecular complexity index is 256. The van der Waals surface area contributed by atoms with Gasteiger partial charge in [0.05, 0.1) is 7.11 Å². The molecule has 0 aromatic rings. The fourth-order valence-electron chi connectivity index (χ4n) is 2.61. The molecule has 1 aliphatic heterocycles. The number of unbranched alkanes of at least 4 members (excludes halogenated alkanes) is 1. The van der Waals surface area contributed by atoms with Crippen molar-refractivity contribution in [2.75, 3.05) is 26.7 Å². The summed E-state index contributed by atoms with van der Waals surface area (Å²) in [6, 6.07) is 0.232. The molecule has 1 saturated heterocycles. The molecule has 0 radical (unpaired) electrons. The number of ether oxygens (including phenoxy) is 1. The first kappa shape index (κ1) is 15.3. The predicted octanol–water partition coefficient (Wildman–Crippen LogP) is 2.49. The number of nitrogens with one attached hydrogen (secondary N) is 1. The number of hydrogen-bond acceptors (Lipinski definition) is 3. The highest BCUT2D eigenvalue weighted by atomic mass is 16.5. The largest absolute Gasteiger partial charge is 0.453 e. The molecule has 1 rings (SSSR count). The lowest BCUT2D eigenvalue weighted by Crippen LogP contribution is -2.51. The van der Waals surface area contributed by atoms with Crippen molar-refractivity contribution < 1.29 is 9.53 Å². The number of carbonyl (C=O) groups is 1. The van der Waals surface area contributed by atoms with Crippen LogP contribution >= 0.6 is 0 Å². The monoisotopic (exact) mass is 256 g/mol. The maximum atomic E-state index is 11.3. The molecule has 0 aromatic heterocycles. The van der Waals surface area contributed by atoms with Gasteiger partial charge in [0.25, 0.3) is 0 Å². The normalized spacial score (nSPS) is 25.2. The smallest absolute Gasteiger partial charge is 0.407 e. The SMILES string of the molecule is CCCCN1CC(NC(=O)OC)CC(C(C)C)C1. The number of likely N-dealkylation sites (tertiary alicyclic amines) is 1. The van der Waals surface area contributed by atoms with Gasteiger partial charge in [0.15, 0.2) is 0 Å². The number of rotatable bonds is 5. The molecule has 4 nitrogen and oxygen atoms in total. The van der Waals surface area contributed by atoms with E-state index in [2.05, 4.69) is 31.0 Å². The van der Waals surface area contributed by atoms with Gasteiger partial charge in [0.1, 0.15) is 0 Å². The molecule has 1 aliphatic rings. The van der Waals surface area contributed by atoms with Gasteiger partial charge in [0.2, 0.25) is 0 Å². The lowest BCUT2D eigenvalue weighted by Gasteiger charge is -2.39. The Morgan fingerprint density at radius 3 is 2.72 bits per heavy atom. The van der Waals surface area contributed by atoms with E-state index in [9.17, 15) is 4.79 Å². The predicted molar refractivity (Wildman–Crippen MR) is 73.6 cm³/mol. The first-order valence-corrected chi connectivity index (χ1v) is 7.13. The molecule has 1 fully saturated rings. The highest BCUT2D eigenvalue weighted by molar-refractivity contribution is 5.67. The van der Waals surface area contributed by atoms with Crippen molar-refractivity contribution in [1.29, 1.82) is 0 Å². The third-order valence-corrected chi connectivity index (χ3v) is 3.84. The van der Waals surface area contributed by atoms with Gasteiger partial charge in [-0.05, 0) is 31.2 Å². The van der Waals surface area contributed by atoms with Gasteiger partial charge in [0, 0.05) is 19.1 Å². The summed E-state index contributed by atoms with van der Waals surface area (Å²) in [7, 11) is 1.42. The van der Waals surface area contributed by atoms with Crippen LogP contribution in [0.25, 0.3) is 0 Å². The summed E-state index contributed by atoms with van der Waals surface area (Å²) in [5.74, 6) is 1.33. The van der Waals surface area contributed by atoms with E-state index >= 15 is 0 Å². The number of amides is 1. The Labute approximate surface area is 111 Å². The van der Waals surface area contributed by atoms with Crippen LogP contribution in [0.15, 0.2) is 0 Å². The van der Waals surface area contributed by atoms with E-state index in [1.807, 2.05) is 0 Å². The summed E-state index contributed by atoms with van der Waals surface area (Å²) >= 11 is 0. The van der Waals surface area contributed by atoms with Gasteiger partial charge < -0.3 is 15.0 Å². The molecule has 0 aliphatic carbocycles. The quantitative estimate of drug-likeness (QED) is 0.821. The second kappa shape index (κ2) is 7.62. The summed E-state index contributed by atoms with van der Waals surface area (Å²) < 4.78 is 4.70. The van der Waals surface area contributed by atoms with E-state index in [1.165, 1.54) is 20.0 Å². The summed E-state index contributed by atoms with van der Waals surface area (Å²) in [6.07, 6.45) is 3.21. The van der Waals surface area contributed by atoms with Crippen molar-refractivity contribution in [3.05, 3.63) is 0 Å². The minimum absolute atomic E-state index is 0.232.